The first-order valence-electron chi connectivity index (χ1n) is 6.75. The van der Waals surface area contributed by atoms with Crippen molar-refractivity contribution in [2.75, 3.05) is 14.1 Å². The van der Waals surface area contributed by atoms with Gasteiger partial charge in [-0.25, -0.2) is 8.42 Å². The number of nitrogens with zero attached hydrogens (tertiary/aromatic N) is 1. The quantitative estimate of drug-likeness (QED) is 0.865. The van der Waals surface area contributed by atoms with Gasteiger partial charge in [0.1, 0.15) is 0 Å². The summed E-state index contributed by atoms with van der Waals surface area (Å²) in [7, 11) is 0.215. The van der Waals surface area contributed by atoms with Gasteiger partial charge < -0.3 is 5.32 Å². The van der Waals surface area contributed by atoms with Crippen molar-refractivity contribution in [3.05, 3.63) is 29.3 Å². The summed E-state index contributed by atoms with van der Waals surface area (Å²) in [5.74, 6) is 0. The Balaban J connectivity index is 2.36. The molecule has 0 heterocycles. The Hall–Kier alpha value is -0.910. The molecule has 1 aliphatic rings. The Morgan fingerprint density at radius 2 is 2.00 bits per heavy atom. The Morgan fingerprint density at radius 1 is 1.32 bits per heavy atom. The lowest BCUT2D eigenvalue weighted by atomic mass is 10.1. The standard InChI is InChI=1S/C14H22N2O2S/c1-4-11-5-8-14(9-12(11)10-15-2)19(17,18)16(3)13-6-7-13/h5,8-9,13,15H,4,6-7,10H2,1-3H3. The lowest BCUT2D eigenvalue weighted by molar-refractivity contribution is 0.464. The smallest absolute Gasteiger partial charge is 0.243 e. The van der Waals surface area contributed by atoms with E-state index in [1.807, 2.05) is 19.2 Å². The molecule has 1 saturated carbocycles. The van der Waals surface area contributed by atoms with Crippen molar-refractivity contribution in [3.8, 4) is 0 Å². The third-order valence-corrected chi connectivity index (χ3v) is 5.57. The number of hydrogen-bond donors (Lipinski definition) is 1. The number of rotatable bonds is 6. The van der Waals surface area contributed by atoms with Crippen LogP contribution in [0.4, 0.5) is 0 Å². The number of hydrogen-bond acceptors (Lipinski definition) is 3. The van der Waals surface area contributed by atoms with E-state index in [2.05, 4.69) is 12.2 Å². The van der Waals surface area contributed by atoms with Gasteiger partial charge in [0.2, 0.25) is 10.0 Å². The van der Waals surface area contributed by atoms with E-state index in [0.717, 1.165) is 24.8 Å². The zero-order valence-corrected chi connectivity index (χ0v) is 12.6. The van der Waals surface area contributed by atoms with E-state index in [-0.39, 0.29) is 6.04 Å². The van der Waals surface area contributed by atoms with Crippen molar-refractivity contribution in [1.29, 1.82) is 0 Å². The Morgan fingerprint density at radius 3 is 2.53 bits per heavy atom. The van der Waals surface area contributed by atoms with Crippen LogP contribution < -0.4 is 5.32 Å². The van der Waals surface area contributed by atoms with Gasteiger partial charge in [0.15, 0.2) is 0 Å². The summed E-state index contributed by atoms with van der Waals surface area (Å²) in [5, 5.41) is 3.09. The first-order chi connectivity index (χ1) is 9.00. The second-order valence-corrected chi connectivity index (χ2v) is 7.06. The van der Waals surface area contributed by atoms with E-state index < -0.39 is 10.0 Å². The van der Waals surface area contributed by atoms with Gasteiger partial charge in [0.05, 0.1) is 4.90 Å². The van der Waals surface area contributed by atoms with Crippen LogP contribution in [0.15, 0.2) is 23.1 Å². The first-order valence-corrected chi connectivity index (χ1v) is 8.19. The van der Waals surface area contributed by atoms with E-state index in [1.54, 1.807) is 13.1 Å². The molecule has 5 heteroatoms. The summed E-state index contributed by atoms with van der Waals surface area (Å²) in [6, 6.07) is 5.67. The van der Waals surface area contributed by atoms with Crippen LogP contribution in [-0.2, 0) is 23.0 Å². The molecular formula is C14H22N2O2S. The SMILES string of the molecule is CCc1ccc(S(=O)(=O)N(C)C2CC2)cc1CNC. The molecule has 1 N–H and O–H groups in total. The number of aryl methyl sites for hydroxylation is 1. The van der Waals surface area contributed by atoms with Crippen molar-refractivity contribution >= 4 is 10.0 Å². The molecule has 1 aliphatic carbocycles. The fraction of sp³-hybridized carbons (Fsp3) is 0.571. The second-order valence-electron chi connectivity index (χ2n) is 5.07. The minimum absolute atomic E-state index is 0.198. The number of benzene rings is 1. The van der Waals surface area contributed by atoms with Crippen LogP contribution in [0.1, 0.15) is 30.9 Å². The summed E-state index contributed by atoms with van der Waals surface area (Å²) in [6.07, 6.45) is 2.87. The average Bonchev–Trinajstić information content (AvgIpc) is 3.22. The van der Waals surface area contributed by atoms with Gasteiger partial charge in [0.25, 0.3) is 0 Å². The third kappa shape index (κ3) is 2.99. The number of sulfonamides is 1. The van der Waals surface area contributed by atoms with E-state index in [4.69, 9.17) is 0 Å². The second kappa shape index (κ2) is 5.61. The highest BCUT2D eigenvalue weighted by Gasteiger charge is 2.35. The van der Waals surface area contributed by atoms with Gasteiger partial charge in [-0.15, -0.1) is 0 Å². The molecule has 0 amide bonds. The van der Waals surface area contributed by atoms with Crippen molar-refractivity contribution in [1.82, 2.24) is 9.62 Å². The molecule has 0 atom stereocenters. The molecule has 1 fully saturated rings. The monoisotopic (exact) mass is 282 g/mol. The molecule has 1 aromatic carbocycles. The highest BCUT2D eigenvalue weighted by molar-refractivity contribution is 7.89. The van der Waals surface area contributed by atoms with Gasteiger partial charge in [0, 0.05) is 19.6 Å². The average molecular weight is 282 g/mol. The van der Waals surface area contributed by atoms with Gasteiger partial charge in [-0.05, 0) is 49.6 Å². The molecule has 2 rings (SSSR count). The summed E-state index contributed by atoms with van der Waals surface area (Å²) in [6.45, 7) is 2.78. The van der Waals surface area contributed by atoms with Crippen LogP contribution in [0.5, 0.6) is 0 Å². The molecule has 0 bridgehead atoms. The maximum Gasteiger partial charge on any atom is 0.243 e. The van der Waals surface area contributed by atoms with E-state index in [0.29, 0.717) is 11.4 Å². The lowest BCUT2D eigenvalue weighted by Crippen LogP contribution is -2.29. The Bertz CT molecular complexity index is 551. The van der Waals surface area contributed by atoms with Crippen LogP contribution in [0.3, 0.4) is 0 Å². The van der Waals surface area contributed by atoms with Crippen LogP contribution >= 0.6 is 0 Å². The van der Waals surface area contributed by atoms with Crippen molar-refractivity contribution in [3.63, 3.8) is 0 Å². The van der Waals surface area contributed by atoms with E-state index >= 15 is 0 Å². The maximum absolute atomic E-state index is 12.5. The molecule has 0 aliphatic heterocycles. The zero-order valence-electron chi connectivity index (χ0n) is 11.8. The largest absolute Gasteiger partial charge is 0.316 e. The summed E-state index contributed by atoms with van der Waals surface area (Å²) in [5.41, 5.74) is 2.26. The summed E-state index contributed by atoms with van der Waals surface area (Å²) in [4.78, 5) is 0.407. The van der Waals surface area contributed by atoms with Crippen molar-refractivity contribution in [2.24, 2.45) is 0 Å². The number of nitrogens with one attached hydrogen (secondary N) is 1. The maximum atomic E-state index is 12.5. The predicted octanol–water partition coefficient (Wildman–Crippen LogP) is 1.75. The van der Waals surface area contributed by atoms with E-state index in [9.17, 15) is 8.42 Å². The van der Waals surface area contributed by atoms with Crippen LogP contribution in [0.25, 0.3) is 0 Å². The molecule has 0 saturated heterocycles. The lowest BCUT2D eigenvalue weighted by Gasteiger charge is -2.18. The van der Waals surface area contributed by atoms with Gasteiger partial charge >= 0.3 is 0 Å². The van der Waals surface area contributed by atoms with Crippen molar-refractivity contribution < 1.29 is 8.42 Å². The molecule has 0 unspecified atom stereocenters. The fourth-order valence-electron chi connectivity index (χ4n) is 2.26. The molecular weight excluding hydrogens is 260 g/mol. The molecule has 0 aromatic heterocycles. The minimum atomic E-state index is -3.34. The van der Waals surface area contributed by atoms with Gasteiger partial charge in [-0.1, -0.05) is 13.0 Å². The molecule has 106 valence electrons. The van der Waals surface area contributed by atoms with Crippen molar-refractivity contribution in [2.45, 2.75) is 43.7 Å². The predicted molar refractivity (Wildman–Crippen MR) is 76.6 cm³/mol. The van der Waals surface area contributed by atoms with Gasteiger partial charge in [-0.3, -0.25) is 0 Å². The highest BCUT2D eigenvalue weighted by atomic mass is 32.2. The molecule has 0 spiro atoms. The molecule has 0 radical (unpaired) electrons. The molecule has 19 heavy (non-hydrogen) atoms. The third-order valence-electron chi connectivity index (χ3n) is 3.66. The molecule has 4 nitrogen and oxygen atoms in total. The van der Waals surface area contributed by atoms with Gasteiger partial charge in [-0.2, -0.15) is 4.31 Å². The fourth-order valence-corrected chi connectivity index (χ4v) is 3.73. The Kier molecular flexibility index (Phi) is 4.28. The summed E-state index contributed by atoms with van der Waals surface area (Å²) < 4.78 is 26.5. The van der Waals surface area contributed by atoms with E-state index in [1.165, 1.54) is 9.87 Å². The van der Waals surface area contributed by atoms with Crippen LogP contribution in [-0.4, -0.2) is 32.9 Å². The zero-order chi connectivity index (χ0) is 14.0. The first kappa shape index (κ1) is 14.5. The topological polar surface area (TPSA) is 49.4 Å². The highest BCUT2D eigenvalue weighted by Crippen LogP contribution is 2.31. The Labute approximate surface area is 115 Å². The van der Waals surface area contributed by atoms with Crippen LogP contribution in [0.2, 0.25) is 0 Å². The minimum Gasteiger partial charge on any atom is -0.316 e. The molecule has 1 aromatic rings. The van der Waals surface area contributed by atoms with Crippen LogP contribution in [0, 0.1) is 0 Å². The summed E-state index contributed by atoms with van der Waals surface area (Å²) >= 11 is 0. The normalized spacial score (nSPS) is 16.0.